The van der Waals surface area contributed by atoms with Crippen LogP contribution in [0.2, 0.25) is 0 Å². The van der Waals surface area contributed by atoms with E-state index in [1.165, 1.54) is 0 Å². The van der Waals surface area contributed by atoms with Gasteiger partial charge in [0.25, 0.3) is 0 Å². The maximum atomic E-state index is 11.0. The van der Waals surface area contributed by atoms with Crippen molar-refractivity contribution in [3.8, 4) is 11.8 Å². The number of carbonyl (C=O) groups is 1. The fourth-order valence-electron chi connectivity index (χ4n) is 1.14. The van der Waals surface area contributed by atoms with Gasteiger partial charge in [0.05, 0.1) is 13.2 Å². The zero-order chi connectivity index (χ0) is 11.8. The Balaban J connectivity index is 2.64. The van der Waals surface area contributed by atoms with Crippen LogP contribution in [0.3, 0.4) is 0 Å². The van der Waals surface area contributed by atoms with Crippen molar-refractivity contribution in [1.82, 2.24) is 0 Å². The summed E-state index contributed by atoms with van der Waals surface area (Å²) in [5, 5.41) is 0. The number of benzene rings is 1. The Hall–Kier alpha value is -1.79. The maximum Gasteiger partial charge on any atom is 0.384 e. The molecule has 0 radical (unpaired) electrons. The summed E-state index contributed by atoms with van der Waals surface area (Å²) >= 11 is 0. The van der Waals surface area contributed by atoms with Gasteiger partial charge >= 0.3 is 5.97 Å². The number of methoxy groups -OCH3 is 1. The summed E-state index contributed by atoms with van der Waals surface area (Å²) in [6, 6.07) is 7.53. The summed E-state index contributed by atoms with van der Waals surface area (Å²) in [5.41, 5.74) is 1.86. The molecule has 16 heavy (non-hydrogen) atoms. The lowest BCUT2D eigenvalue weighted by Crippen LogP contribution is -1.99. The van der Waals surface area contributed by atoms with E-state index in [1.54, 1.807) is 14.0 Å². The third-order valence-corrected chi connectivity index (χ3v) is 1.85. The van der Waals surface area contributed by atoms with E-state index >= 15 is 0 Å². The van der Waals surface area contributed by atoms with Crippen molar-refractivity contribution in [1.29, 1.82) is 0 Å². The highest BCUT2D eigenvalue weighted by atomic mass is 16.5. The molecule has 0 aliphatic heterocycles. The van der Waals surface area contributed by atoms with E-state index in [9.17, 15) is 4.79 Å². The minimum Gasteiger partial charge on any atom is -0.456 e. The largest absolute Gasteiger partial charge is 0.456 e. The third kappa shape index (κ3) is 4.16. The van der Waals surface area contributed by atoms with Crippen molar-refractivity contribution in [3.05, 3.63) is 35.4 Å². The summed E-state index contributed by atoms with van der Waals surface area (Å²) in [6.45, 7) is 2.67. The van der Waals surface area contributed by atoms with E-state index in [2.05, 4.69) is 11.8 Å². The first-order chi connectivity index (χ1) is 7.76. The summed E-state index contributed by atoms with van der Waals surface area (Å²) in [4.78, 5) is 11.0. The molecule has 0 aliphatic rings. The Morgan fingerprint density at radius 3 is 2.56 bits per heavy atom. The Bertz CT molecular complexity index is 395. The summed E-state index contributed by atoms with van der Waals surface area (Å²) in [5.74, 6) is 4.65. The normalized spacial score (nSPS) is 9.12. The van der Waals surface area contributed by atoms with E-state index in [4.69, 9.17) is 9.47 Å². The first-order valence-electron chi connectivity index (χ1n) is 5.03. The SMILES string of the molecule is CCOC(=O)C#Cc1ccc(COC)cc1. The van der Waals surface area contributed by atoms with Gasteiger partial charge < -0.3 is 9.47 Å². The molecule has 0 amide bonds. The Labute approximate surface area is 95.4 Å². The molecular weight excluding hydrogens is 204 g/mol. The molecule has 0 aliphatic carbocycles. The van der Waals surface area contributed by atoms with Gasteiger partial charge in [-0.3, -0.25) is 0 Å². The number of esters is 1. The molecule has 0 saturated heterocycles. The van der Waals surface area contributed by atoms with Crippen molar-refractivity contribution >= 4 is 5.97 Å². The summed E-state index contributed by atoms with van der Waals surface area (Å²) in [7, 11) is 1.65. The van der Waals surface area contributed by atoms with Gasteiger partial charge in [-0.25, -0.2) is 4.79 Å². The van der Waals surface area contributed by atoms with Crippen LogP contribution in [-0.2, 0) is 20.9 Å². The van der Waals surface area contributed by atoms with Crippen molar-refractivity contribution in [3.63, 3.8) is 0 Å². The van der Waals surface area contributed by atoms with Crippen LogP contribution in [0.4, 0.5) is 0 Å². The molecule has 1 aromatic rings. The second-order valence-electron chi connectivity index (χ2n) is 3.10. The molecule has 0 bridgehead atoms. The zero-order valence-electron chi connectivity index (χ0n) is 9.45. The molecule has 1 aromatic carbocycles. The van der Waals surface area contributed by atoms with Crippen molar-refractivity contribution < 1.29 is 14.3 Å². The number of rotatable bonds is 3. The standard InChI is InChI=1S/C13H14O3/c1-3-16-13(14)9-8-11-4-6-12(7-5-11)10-15-2/h4-7H,3,10H2,1-2H3. The molecule has 0 unspecified atom stereocenters. The van der Waals surface area contributed by atoms with E-state index in [-0.39, 0.29) is 0 Å². The lowest BCUT2D eigenvalue weighted by molar-refractivity contribution is -0.136. The van der Waals surface area contributed by atoms with Gasteiger partial charge in [0.1, 0.15) is 0 Å². The molecule has 0 fully saturated rings. The lowest BCUT2D eigenvalue weighted by Gasteiger charge is -1.98. The van der Waals surface area contributed by atoms with Crippen LogP contribution in [0.15, 0.2) is 24.3 Å². The lowest BCUT2D eigenvalue weighted by atomic mass is 10.1. The van der Waals surface area contributed by atoms with Crippen LogP contribution in [-0.4, -0.2) is 19.7 Å². The average Bonchev–Trinajstić information content (AvgIpc) is 2.29. The Kier molecular flexibility index (Phi) is 5.10. The topological polar surface area (TPSA) is 35.5 Å². The second-order valence-corrected chi connectivity index (χ2v) is 3.10. The maximum absolute atomic E-state index is 11.0. The Morgan fingerprint density at radius 2 is 2.00 bits per heavy atom. The van der Waals surface area contributed by atoms with Crippen molar-refractivity contribution in [2.24, 2.45) is 0 Å². The number of carbonyl (C=O) groups excluding carboxylic acids is 1. The predicted molar refractivity (Wildman–Crippen MR) is 60.7 cm³/mol. The predicted octanol–water partition coefficient (Wildman–Crippen LogP) is 1.75. The molecule has 0 spiro atoms. The van der Waals surface area contributed by atoms with E-state index < -0.39 is 5.97 Å². The summed E-state index contributed by atoms with van der Waals surface area (Å²) < 4.78 is 9.68. The fourth-order valence-corrected chi connectivity index (χ4v) is 1.14. The van der Waals surface area contributed by atoms with Crippen LogP contribution in [0.25, 0.3) is 0 Å². The molecule has 1 rings (SSSR count). The number of ether oxygens (including phenoxy) is 2. The highest BCUT2D eigenvalue weighted by Crippen LogP contribution is 2.04. The van der Waals surface area contributed by atoms with Crippen molar-refractivity contribution in [2.75, 3.05) is 13.7 Å². The van der Waals surface area contributed by atoms with Gasteiger partial charge in [0, 0.05) is 18.6 Å². The second kappa shape index (κ2) is 6.65. The molecular formula is C13H14O3. The Morgan fingerprint density at radius 1 is 1.31 bits per heavy atom. The number of hydrogen-bond donors (Lipinski definition) is 0. The smallest absolute Gasteiger partial charge is 0.384 e. The molecule has 0 heterocycles. The van der Waals surface area contributed by atoms with Gasteiger partial charge in [-0.1, -0.05) is 18.1 Å². The first kappa shape index (κ1) is 12.3. The van der Waals surface area contributed by atoms with E-state index in [0.717, 1.165) is 11.1 Å². The third-order valence-electron chi connectivity index (χ3n) is 1.85. The minimum absolute atomic E-state index is 0.348. The van der Waals surface area contributed by atoms with Crippen LogP contribution in [0.5, 0.6) is 0 Å². The molecule has 0 saturated carbocycles. The summed E-state index contributed by atoms with van der Waals surface area (Å²) in [6.07, 6.45) is 0. The molecule has 84 valence electrons. The quantitative estimate of drug-likeness (QED) is 0.572. The monoisotopic (exact) mass is 218 g/mol. The fraction of sp³-hybridized carbons (Fsp3) is 0.308. The average molecular weight is 218 g/mol. The van der Waals surface area contributed by atoms with Gasteiger partial charge in [0.15, 0.2) is 0 Å². The van der Waals surface area contributed by atoms with Crippen molar-refractivity contribution in [2.45, 2.75) is 13.5 Å². The van der Waals surface area contributed by atoms with E-state index in [0.29, 0.717) is 13.2 Å². The van der Waals surface area contributed by atoms with Crippen LogP contribution in [0.1, 0.15) is 18.1 Å². The highest BCUT2D eigenvalue weighted by Gasteiger charge is 1.94. The number of hydrogen-bond acceptors (Lipinski definition) is 3. The molecule has 0 atom stereocenters. The first-order valence-corrected chi connectivity index (χ1v) is 5.03. The highest BCUT2D eigenvalue weighted by molar-refractivity contribution is 5.89. The zero-order valence-corrected chi connectivity index (χ0v) is 9.45. The van der Waals surface area contributed by atoms with Crippen LogP contribution < -0.4 is 0 Å². The van der Waals surface area contributed by atoms with Crippen LogP contribution in [0, 0.1) is 11.8 Å². The molecule has 3 nitrogen and oxygen atoms in total. The van der Waals surface area contributed by atoms with Gasteiger partial charge in [-0.2, -0.15) is 0 Å². The van der Waals surface area contributed by atoms with Crippen LogP contribution >= 0.6 is 0 Å². The minimum atomic E-state index is -0.497. The molecule has 0 N–H and O–H groups in total. The van der Waals surface area contributed by atoms with Gasteiger partial charge in [-0.05, 0) is 24.6 Å². The molecule has 3 heteroatoms. The van der Waals surface area contributed by atoms with Gasteiger partial charge in [0.2, 0.25) is 0 Å². The van der Waals surface area contributed by atoms with E-state index in [1.807, 2.05) is 24.3 Å². The molecule has 0 aromatic heterocycles. The van der Waals surface area contributed by atoms with Gasteiger partial charge in [-0.15, -0.1) is 0 Å².